The zero-order chi connectivity index (χ0) is 13.4. The van der Waals surface area contributed by atoms with E-state index in [2.05, 4.69) is 30.9 Å². The maximum Gasteiger partial charge on any atom is 0.244 e. The van der Waals surface area contributed by atoms with Crippen LogP contribution in [0.1, 0.15) is 50.5 Å². The molecule has 20 heavy (non-hydrogen) atoms. The molecular weight excluding hydrogens is 256 g/mol. The van der Waals surface area contributed by atoms with Crippen LogP contribution in [0.3, 0.4) is 0 Å². The zero-order valence-corrected chi connectivity index (χ0v) is 11.2. The van der Waals surface area contributed by atoms with Gasteiger partial charge in [-0.25, -0.2) is 0 Å². The Morgan fingerprint density at radius 2 is 2.10 bits per heavy atom. The highest BCUT2D eigenvalue weighted by Crippen LogP contribution is 2.36. The molecule has 3 heterocycles. The highest BCUT2D eigenvalue weighted by atomic mass is 16.5. The van der Waals surface area contributed by atoms with Crippen LogP contribution < -0.4 is 5.32 Å². The van der Waals surface area contributed by atoms with E-state index in [1.54, 1.807) is 6.20 Å². The van der Waals surface area contributed by atoms with E-state index >= 15 is 0 Å². The molecular formula is C13H18N6O. The Morgan fingerprint density at radius 1 is 1.15 bits per heavy atom. The third kappa shape index (κ3) is 2.11. The normalized spacial score (nSPS) is 30.1. The summed E-state index contributed by atoms with van der Waals surface area (Å²) in [6, 6.07) is 0.799. The van der Waals surface area contributed by atoms with Gasteiger partial charge < -0.3 is 9.84 Å². The molecule has 3 unspecified atom stereocenters. The lowest BCUT2D eigenvalue weighted by molar-refractivity contribution is 0.158. The molecule has 106 valence electrons. The van der Waals surface area contributed by atoms with Crippen molar-refractivity contribution in [1.29, 1.82) is 0 Å². The van der Waals surface area contributed by atoms with Gasteiger partial charge in [0.15, 0.2) is 5.69 Å². The maximum atomic E-state index is 5.40. The SMILES string of the molecule is c1n[nH]nc1-c1noc(C2CCC3CCCCC3N2)n1. The van der Waals surface area contributed by atoms with Crippen molar-refractivity contribution >= 4 is 0 Å². The van der Waals surface area contributed by atoms with Gasteiger partial charge in [0.1, 0.15) is 0 Å². The van der Waals surface area contributed by atoms with E-state index in [0.29, 0.717) is 23.5 Å². The number of nitrogens with zero attached hydrogens (tertiary/aromatic N) is 4. The van der Waals surface area contributed by atoms with Crippen LogP contribution in [0.15, 0.2) is 10.7 Å². The quantitative estimate of drug-likeness (QED) is 0.868. The fraction of sp³-hybridized carbons (Fsp3) is 0.692. The second kappa shape index (κ2) is 4.97. The predicted octanol–water partition coefficient (Wildman–Crippen LogP) is 1.84. The van der Waals surface area contributed by atoms with Gasteiger partial charge in [-0.1, -0.05) is 18.0 Å². The zero-order valence-electron chi connectivity index (χ0n) is 11.2. The van der Waals surface area contributed by atoms with Gasteiger partial charge >= 0.3 is 0 Å². The maximum absolute atomic E-state index is 5.40. The lowest BCUT2D eigenvalue weighted by Crippen LogP contribution is -2.44. The topological polar surface area (TPSA) is 92.5 Å². The van der Waals surface area contributed by atoms with E-state index in [1.165, 1.54) is 32.1 Å². The van der Waals surface area contributed by atoms with Crippen molar-refractivity contribution in [3.63, 3.8) is 0 Å². The van der Waals surface area contributed by atoms with Crippen LogP contribution >= 0.6 is 0 Å². The molecule has 0 aromatic carbocycles. The molecule has 1 saturated carbocycles. The van der Waals surface area contributed by atoms with E-state index in [1.807, 2.05) is 0 Å². The van der Waals surface area contributed by atoms with Gasteiger partial charge in [0.05, 0.1) is 12.2 Å². The minimum atomic E-state index is 0.183. The summed E-state index contributed by atoms with van der Waals surface area (Å²) in [4.78, 5) is 4.45. The first-order valence-electron chi connectivity index (χ1n) is 7.36. The first-order chi connectivity index (χ1) is 9.90. The summed E-state index contributed by atoms with van der Waals surface area (Å²) in [6.45, 7) is 0. The van der Waals surface area contributed by atoms with Crippen LogP contribution in [0.5, 0.6) is 0 Å². The van der Waals surface area contributed by atoms with E-state index in [-0.39, 0.29) is 6.04 Å². The molecule has 1 saturated heterocycles. The van der Waals surface area contributed by atoms with E-state index in [0.717, 1.165) is 12.3 Å². The summed E-state index contributed by atoms with van der Waals surface area (Å²) in [5.74, 6) is 2.01. The van der Waals surface area contributed by atoms with E-state index in [4.69, 9.17) is 4.52 Å². The number of aromatic amines is 1. The average molecular weight is 274 g/mol. The number of fused-ring (bicyclic) bond motifs is 1. The third-order valence-electron chi connectivity index (χ3n) is 4.53. The van der Waals surface area contributed by atoms with Gasteiger partial charge in [-0.05, 0) is 31.6 Å². The molecule has 2 aromatic rings. The van der Waals surface area contributed by atoms with Crippen molar-refractivity contribution in [2.24, 2.45) is 5.92 Å². The smallest absolute Gasteiger partial charge is 0.244 e. The fourth-order valence-corrected chi connectivity index (χ4v) is 3.48. The third-order valence-corrected chi connectivity index (χ3v) is 4.53. The van der Waals surface area contributed by atoms with Crippen LogP contribution in [0.4, 0.5) is 0 Å². The summed E-state index contributed by atoms with van der Waals surface area (Å²) >= 11 is 0. The first kappa shape index (κ1) is 12.0. The Balaban J connectivity index is 1.50. The molecule has 2 N–H and O–H groups in total. The van der Waals surface area contributed by atoms with Crippen molar-refractivity contribution in [2.75, 3.05) is 0 Å². The molecule has 1 aliphatic heterocycles. The number of hydrogen-bond donors (Lipinski definition) is 2. The number of hydrogen-bond acceptors (Lipinski definition) is 6. The Bertz CT molecular complexity index is 565. The Hall–Kier alpha value is -1.76. The summed E-state index contributed by atoms with van der Waals surface area (Å²) < 4.78 is 5.40. The molecule has 7 nitrogen and oxygen atoms in total. The van der Waals surface area contributed by atoms with Crippen LogP contribution in [0.2, 0.25) is 0 Å². The number of piperidine rings is 1. The molecule has 3 atom stereocenters. The van der Waals surface area contributed by atoms with Crippen molar-refractivity contribution in [2.45, 2.75) is 50.6 Å². The average Bonchev–Trinajstić information content (AvgIpc) is 3.17. The monoisotopic (exact) mass is 274 g/mol. The Morgan fingerprint density at radius 3 is 3.00 bits per heavy atom. The minimum Gasteiger partial charge on any atom is -0.337 e. The molecule has 7 heteroatoms. The van der Waals surface area contributed by atoms with Crippen molar-refractivity contribution in [1.82, 2.24) is 30.9 Å². The van der Waals surface area contributed by atoms with Gasteiger partial charge in [0.25, 0.3) is 0 Å². The van der Waals surface area contributed by atoms with E-state index in [9.17, 15) is 0 Å². The molecule has 1 aliphatic carbocycles. The van der Waals surface area contributed by atoms with Crippen LogP contribution in [-0.4, -0.2) is 31.6 Å². The lowest BCUT2D eigenvalue weighted by atomic mass is 9.78. The number of nitrogens with one attached hydrogen (secondary N) is 2. The van der Waals surface area contributed by atoms with Gasteiger partial charge in [-0.2, -0.15) is 20.4 Å². The van der Waals surface area contributed by atoms with Crippen LogP contribution in [0, 0.1) is 5.92 Å². The second-order valence-electron chi connectivity index (χ2n) is 5.76. The molecule has 2 aliphatic rings. The van der Waals surface area contributed by atoms with Crippen molar-refractivity contribution in [3.05, 3.63) is 12.1 Å². The Labute approximate surface area is 116 Å². The van der Waals surface area contributed by atoms with E-state index < -0.39 is 0 Å². The van der Waals surface area contributed by atoms with Crippen LogP contribution in [-0.2, 0) is 0 Å². The molecule has 4 rings (SSSR count). The lowest BCUT2D eigenvalue weighted by Gasteiger charge is -2.39. The van der Waals surface area contributed by atoms with Gasteiger partial charge in [-0.15, -0.1) is 0 Å². The van der Waals surface area contributed by atoms with Crippen molar-refractivity contribution < 1.29 is 4.52 Å². The molecule has 2 fully saturated rings. The van der Waals surface area contributed by atoms with Crippen molar-refractivity contribution in [3.8, 4) is 11.5 Å². The molecule has 0 amide bonds. The summed E-state index contributed by atoms with van der Waals surface area (Å²) in [5, 5.41) is 18.0. The number of H-pyrrole nitrogens is 1. The van der Waals surface area contributed by atoms with Gasteiger partial charge in [0, 0.05) is 6.04 Å². The molecule has 0 bridgehead atoms. The first-order valence-corrected chi connectivity index (χ1v) is 7.36. The minimum absolute atomic E-state index is 0.183. The standard InChI is InChI=1S/C13H18N6O/c1-2-4-9-8(3-1)5-6-10(15-9)13-16-12(18-20-13)11-7-14-19-17-11/h7-10,15H,1-6H2,(H,14,17,19). The fourth-order valence-electron chi connectivity index (χ4n) is 3.48. The molecule has 0 radical (unpaired) electrons. The summed E-state index contributed by atoms with van der Waals surface area (Å²) in [5.41, 5.74) is 0.617. The highest BCUT2D eigenvalue weighted by Gasteiger charge is 2.34. The number of rotatable bonds is 2. The largest absolute Gasteiger partial charge is 0.337 e. The number of aromatic nitrogens is 5. The Kier molecular flexibility index (Phi) is 2.99. The summed E-state index contributed by atoms with van der Waals surface area (Å²) in [7, 11) is 0. The predicted molar refractivity (Wildman–Crippen MR) is 70.5 cm³/mol. The molecule has 2 aromatic heterocycles. The van der Waals surface area contributed by atoms with Crippen LogP contribution in [0.25, 0.3) is 11.5 Å². The van der Waals surface area contributed by atoms with Gasteiger partial charge in [0.2, 0.25) is 11.7 Å². The highest BCUT2D eigenvalue weighted by molar-refractivity contribution is 5.44. The van der Waals surface area contributed by atoms with Gasteiger partial charge in [-0.3, -0.25) is 0 Å². The molecule has 0 spiro atoms. The second-order valence-corrected chi connectivity index (χ2v) is 5.76. The summed E-state index contributed by atoms with van der Waals surface area (Å²) in [6.07, 6.45) is 9.26.